The Labute approximate surface area is 166 Å². The number of para-hydroxylation sites is 2. The molecule has 2 aromatic carbocycles. The van der Waals surface area contributed by atoms with Crippen molar-refractivity contribution in [2.75, 3.05) is 4.90 Å². The number of benzene rings is 2. The van der Waals surface area contributed by atoms with Crippen LogP contribution in [0.4, 0.5) is 5.69 Å². The summed E-state index contributed by atoms with van der Waals surface area (Å²) in [5.41, 5.74) is 1.82. The van der Waals surface area contributed by atoms with Gasteiger partial charge in [0.15, 0.2) is 5.11 Å². The number of carbonyl (C=O) groups excluding carboxylic acids is 3. The van der Waals surface area contributed by atoms with E-state index in [1.165, 1.54) is 22.5 Å². The number of nitrogens with zero attached hydrogens (tertiary/aromatic N) is 2. The summed E-state index contributed by atoms with van der Waals surface area (Å²) < 4.78 is 1.49. The quantitative estimate of drug-likeness (QED) is 0.415. The van der Waals surface area contributed by atoms with Crippen LogP contribution in [0, 0.1) is 0 Å². The third kappa shape index (κ3) is 2.91. The second-order valence-electron chi connectivity index (χ2n) is 6.28. The number of rotatable bonds is 2. The van der Waals surface area contributed by atoms with Crippen molar-refractivity contribution in [3.05, 3.63) is 71.9 Å². The standard InChI is InChI=1S/C21H15N3O3S/c1-13(25)23-12-14(16-9-5-6-10-18(16)23)11-17-19(26)22-21(28)24(20(17)27)15-7-3-2-4-8-15/h2-12H,1H3,(H,22,26,28). The largest absolute Gasteiger partial charge is 0.298 e. The molecule has 1 aliphatic heterocycles. The van der Waals surface area contributed by atoms with E-state index in [-0.39, 0.29) is 16.6 Å². The first-order valence-electron chi connectivity index (χ1n) is 8.55. The van der Waals surface area contributed by atoms with Crippen LogP contribution in [0.5, 0.6) is 0 Å². The molecular formula is C21H15N3O3S. The Hall–Kier alpha value is -3.58. The summed E-state index contributed by atoms with van der Waals surface area (Å²) in [7, 11) is 0. The van der Waals surface area contributed by atoms with E-state index in [4.69, 9.17) is 12.2 Å². The zero-order chi connectivity index (χ0) is 19.8. The highest BCUT2D eigenvalue weighted by Gasteiger charge is 2.34. The third-order valence-electron chi connectivity index (χ3n) is 4.50. The Balaban J connectivity index is 1.84. The van der Waals surface area contributed by atoms with E-state index in [0.29, 0.717) is 16.8 Å². The molecule has 2 amide bonds. The van der Waals surface area contributed by atoms with Gasteiger partial charge in [0.2, 0.25) is 5.91 Å². The van der Waals surface area contributed by atoms with Gasteiger partial charge in [-0.05, 0) is 36.5 Å². The van der Waals surface area contributed by atoms with Gasteiger partial charge >= 0.3 is 0 Å². The number of carbonyl (C=O) groups is 3. The number of amides is 2. The molecule has 1 aliphatic rings. The summed E-state index contributed by atoms with van der Waals surface area (Å²) >= 11 is 5.19. The van der Waals surface area contributed by atoms with Gasteiger partial charge in [0.1, 0.15) is 5.57 Å². The fraction of sp³-hybridized carbons (Fsp3) is 0.0476. The van der Waals surface area contributed by atoms with Crippen LogP contribution in [0.3, 0.4) is 0 Å². The van der Waals surface area contributed by atoms with Crippen molar-refractivity contribution in [2.45, 2.75) is 6.92 Å². The third-order valence-corrected chi connectivity index (χ3v) is 4.78. The summed E-state index contributed by atoms with van der Waals surface area (Å²) in [6, 6.07) is 16.2. The van der Waals surface area contributed by atoms with E-state index in [0.717, 1.165) is 5.39 Å². The maximum absolute atomic E-state index is 13.1. The van der Waals surface area contributed by atoms with Gasteiger partial charge < -0.3 is 0 Å². The molecule has 1 N–H and O–H groups in total. The molecule has 28 heavy (non-hydrogen) atoms. The molecule has 1 aromatic heterocycles. The van der Waals surface area contributed by atoms with Crippen molar-refractivity contribution in [2.24, 2.45) is 0 Å². The van der Waals surface area contributed by atoms with E-state index in [1.807, 2.05) is 30.3 Å². The van der Waals surface area contributed by atoms with Gasteiger partial charge in [-0.15, -0.1) is 0 Å². The maximum atomic E-state index is 13.1. The highest BCUT2D eigenvalue weighted by molar-refractivity contribution is 7.80. The van der Waals surface area contributed by atoms with Crippen molar-refractivity contribution in [3.63, 3.8) is 0 Å². The molecular weight excluding hydrogens is 374 g/mol. The van der Waals surface area contributed by atoms with Crippen LogP contribution in [0.25, 0.3) is 17.0 Å². The number of hydrogen-bond acceptors (Lipinski definition) is 4. The Bertz CT molecular complexity index is 1180. The summed E-state index contributed by atoms with van der Waals surface area (Å²) in [4.78, 5) is 38.8. The summed E-state index contributed by atoms with van der Waals surface area (Å²) in [5, 5.41) is 3.36. The highest BCUT2D eigenvalue weighted by atomic mass is 32.1. The fourth-order valence-electron chi connectivity index (χ4n) is 3.21. The Morgan fingerprint density at radius 2 is 1.71 bits per heavy atom. The minimum Gasteiger partial charge on any atom is -0.298 e. The van der Waals surface area contributed by atoms with Gasteiger partial charge in [-0.3, -0.25) is 29.2 Å². The normalized spacial score (nSPS) is 16.0. The molecule has 0 atom stereocenters. The van der Waals surface area contributed by atoms with Gasteiger partial charge in [-0.1, -0.05) is 36.4 Å². The van der Waals surface area contributed by atoms with E-state index in [9.17, 15) is 14.4 Å². The zero-order valence-electron chi connectivity index (χ0n) is 14.9. The average molecular weight is 389 g/mol. The van der Waals surface area contributed by atoms with Gasteiger partial charge in [0, 0.05) is 24.1 Å². The monoisotopic (exact) mass is 389 g/mol. The Kier molecular flexibility index (Phi) is 4.37. The first kappa shape index (κ1) is 17.8. The van der Waals surface area contributed by atoms with Gasteiger partial charge in [0.25, 0.3) is 11.8 Å². The van der Waals surface area contributed by atoms with Crippen LogP contribution in [-0.4, -0.2) is 27.4 Å². The summed E-state index contributed by atoms with van der Waals surface area (Å²) in [6.45, 7) is 1.46. The Morgan fingerprint density at radius 3 is 2.43 bits per heavy atom. The minimum absolute atomic E-state index is 0.0320. The first-order chi connectivity index (χ1) is 13.5. The fourth-order valence-corrected chi connectivity index (χ4v) is 3.49. The van der Waals surface area contributed by atoms with Crippen LogP contribution in [0.1, 0.15) is 17.3 Å². The van der Waals surface area contributed by atoms with Crippen molar-refractivity contribution in [1.29, 1.82) is 0 Å². The van der Waals surface area contributed by atoms with Crippen LogP contribution < -0.4 is 10.2 Å². The first-order valence-corrected chi connectivity index (χ1v) is 8.96. The lowest BCUT2D eigenvalue weighted by molar-refractivity contribution is -0.122. The summed E-state index contributed by atoms with van der Waals surface area (Å²) in [5.74, 6) is -1.24. The SMILES string of the molecule is CC(=O)n1cc(C=C2C(=O)NC(=S)N(c3ccccc3)C2=O)c2ccccc21. The minimum atomic E-state index is -0.568. The number of hydrogen-bond donors (Lipinski definition) is 1. The van der Waals surface area contributed by atoms with Crippen molar-refractivity contribution >= 4 is 57.7 Å². The van der Waals surface area contributed by atoms with Gasteiger partial charge in [-0.25, -0.2) is 0 Å². The Morgan fingerprint density at radius 1 is 1.04 bits per heavy atom. The molecule has 0 radical (unpaired) electrons. The lowest BCUT2D eigenvalue weighted by Gasteiger charge is -2.28. The molecule has 4 rings (SSSR count). The van der Waals surface area contributed by atoms with Crippen LogP contribution in [-0.2, 0) is 9.59 Å². The topological polar surface area (TPSA) is 71.4 Å². The van der Waals surface area contributed by atoms with Gasteiger partial charge in [0.05, 0.1) is 11.2 Å². The number of nitrogens with one attached hydrogen (secondary N) is 1. The van der Waals surface area contributed by atoms with E-state index >= 15 is 0 Å². The van der Waals surface area contributed by atoms with Crippen LogP contribution in [0.15, 0.2) is 66.4 Å². The molecule has 138 valence electrons. The van der Waals surface area contributed by atoms with E-state index in [1.54, 1.807) is 30.5 Å². The number of fused-ring (bicyclic) bond motifs is 1. The molecule has 0 saturated carbocycles. The second-order valence-corrected chi connectivity index (χ2v) is 6.67. The molecule has 1 saturated heterocycles. The molecule has 3 aromatic rings. The smallest absolute Gasteiger partial charge is 0.270 e. The number of aromatic nitrogens is 1. The van der Waals surface area contributed by atoms with E-state index < -0.39 is 11.8 Å². The number of thiocarbonyl (C=S) groups is 1. The van der Waals surface area contributed by atoms with Crippen molar-refractivity contribution < 1.29 is 14.4 Å². The average Bonchev–Trinajstić information content (AvgIpc) is 3.05. The molecule has 2 heterocycles. The lowest BCUT2D eigenvalue weighted by Crippen LogP contribution is -2.54. The summed E-state index contributed by atoms with van der Waals surface area (Å²) in [6.07, 6.45) is 3.12. The van der Waals surface area contributed by atoms with E-state index in [2.05, 4.69) is 5.32 Å². The second kappa shape index (κ2) is 6.86. The van der Waals surface area contributed by atoms with Crippen molar-refractivity contribution in [1.82, 2.24) is 9.88 Å². The van der Waals surface area contributed by atoms with Crippen LogP contribution in [0.2, 0.25) is 0 Å². The predicted octanol–water partition coefficient (Wildman–Crippen LogP) is 3.13. The zero-order valence-corrected chi connectivity index (χ0v) is 15.7. The van der Waals surface area contributed by atoms with Gasteiger partial charge in [-0.2, -0.15) is 0 Å². The maximum Gasteiger partial charge on any atom is 0.270 e. The molecule has 0 unspecified atom stereocenters. The predicted molar refractivity (Wildman–Crippen MR) is 111 cm³/mol. The molecule has 0 spiro atoms. The molecule has 1 fully saturated rings. The van der Waals surface area contributed by atoms with Crippen LogP contribution >= 0.6 is 12.2 Å². The molecule has 7 heteroatoms. The molecule has 0 bridgehead atoms. The number of anilines is 1. The van der Waals surface area contributed by atoms with Crippen molar-refractivity contribution in [3.8, 4) is 0 Å². The highest BCUT2D eigenvalue weighted by Crippen LogP contribution is 2.26. The molecule has 0 aliphatic carbocycles. The molecule has 6 nitrogen and oxygen atoms in total. The lowest BCUT2D eigenvalue weighted by atomic mass is 10.1.